The van der Waals surface area contributed by atoms with Crippen molar-refractivity contribution in [2.45, 2.75) is 20.3 Å². The van der Waals surface area contributed by atoms with Gasteiger partial charge >= 0.3 is 0 Å². The molecule has 2 aromatic rings. The van der Waals surface area contributed by atoms with Gasteiger partial charge < -0.3 is 14.5 Å². The molecular formula is C17H24N4O2. The minimum Gasteiger partial charge on any atom is -0.493 e. The fourth-order valence-electron chi connectivity index (χ4n) is 3.14. The van der Waals surface area contributed by atoms with Gasteiger partial charge in [0.25, 0.3) is 5.91 Å². The summed E-state index contributed by atoms with van der Waals surface area (Å²) in [6.45, 7) is 8.63. The molecule has 0 atom stereocenters. The standard InChI is InChI=1S/C17H24N4O2/c1-4-13-15(17(22)20-11-9-19(5-2)10-12-20)21-8-6-7-14(23-3)16(21)18-13/h6-8H,4-5,9-12H2,1-3H3. The fraction of sp³-hybridized carbons (Fsp3) is 0.529. The molecule has 1 aliphatic rings. The second-order valence-electron chi connectivity index (χ2n) is 5.76. The number of fused-ring (bicyclic) bond motifs is 1. The third-order valence-corrected chi connectivity index (χ3v) is 4.55. The summed E-state index contributed by atoms with van der Waals surface area (Å²) < 4.78 is 7.25. The highest BCUT2D eigenvalue weighted by Gasteiger charge is 2.27. The second-order valence-corrected chi connectivity index (χ2v) is 5.76. The Hall–Kier alpha value is -2.08. The van der Waals surface area contributed by atoms with Crippen molar-refractivity contribution in [3.8, 4) is 5.75 Å². The van der Waals surface area contributed by atoms with Crippen molar-refractivity contribution in [3.05, 3.63) is 29.7 Å². The Morgan fingerprint density at radius 1 is 1.26 bits per heavy atom. The lowest BCUT2D eigenvalue weighted by Crippen LogP contribution is -2.48. The molecule has 124 valence electrons. The minimum atomic E-state index is 0.0679. The van der Waals surface area contributed by atoms with E-state index < -0.39 is 0 Å². The van der Waals surface area contributed by atoms with Gasteiger partial charge in [0.1, 0.15) is 5.69 Å². The lowest BCUT2D eigenvalue weighted by atomic mass is 10.2. The number of hydrogen-bond donors (Lipinski definition) is 0. The maximum Gasteiger partial charge on any atom is 0.272 e. The molecule has 2 aromatic heterocycles. The molecule has 0 saturated carbocycles. The van der Waals surface area contributed by atoms with Crippen LogP contribution in [-0.2, 0) is 6.42 Å². The summed E-state index contributed by atoms with van der Waals surface area (Å²) in [5, 5.41) is 0. The van der Waals surface area contributed by atoms with E-state index in [1.807, 2.05) is 34.6 Å². The molecule has 1 amide bonds. The Balaban J connectivity index is 1.97. The Bertz CT molecular complexity index is 702. The molecule has 0 bridgehead atoms. The Morgan fingerprint density at radius 3 is 2.61 bits per heavy atom. The van der Waals surface area contributed by atoms with Gasteiger partial charge in [-0.25, -0.2) is 4.98 Å². The van der Waals surface area contributed by atoms with Gasteiger partial charge in [0, 0.05) is 32.4 Å². The summed E-state index contributed by atoms with van der Waals surface area (Å²) in [5.41, 5.74) is 2.21. The molecule has 1 fully saturated rings. The number of aromatic nitrogens is 2. The van der Waals surface area contributed by atoms with Gasteiger partial charge in [-0.1, -0.05) is 13.8 Å². The lowest BCUT2D eigenvalue weighted by molar-refractivity contribution is 0.0635. The van der Waals surface area contributed by atoms with Crippen LogP contribution in [-0.4, -0.2) is 64.9 Å². The molecule has 0 aliphatic carbocycles. The zero-order valence-corrected chi connectivity index (χ0v) is 14.1. The second kappa shape index (κ2) is 6.58. The van der Waals surface area contributed by atoms with E-state index >= 15 is 0 Å². The van der Waals surface area contributed by atoms with Gasteiger partial charge in [-0.2, -0.15) is 0 Å². The maximum absolute atomic E-state index is 13.1. The molecule has 3 heterocycles. The average Bonchev–Trinajstić information content (AvgIpc) is 2.99. The third kappa shape index (κ3) is 2.79. The van der Waals surface area contributed by atoms with Gasteiger partial charge in [-0.05, 0) is 25.1 Å². The molecule has 6 heteroatoms. The van der Waals surface area contributed by atoms with Crippen LogP contribution in [0.3, 0.4) is 0 Å². The summed E-state index contributed by atoms with van der Waals surface area (Å²) in [5.74, 6) is 0.760. The minimum absolute atomic E-state index is 0.0679. The fourth-order valence-corrected chi connectivity index (χ4v) is 3.14. The summed E-state index contributed by atoms with van der Waals surface area (Å²) in [6.07, 6.45) is 2.61. The monoisotopic (exact) mass is 316 g/mol. The summed E-state index contributed by atoms with van der Waals surface area (Å²) >= 11 is 0. The number of ether oxygens (including phenoxy) is 1. The van der Waals surface area contributed by atoms with Gasteiger partial charge in [0.15, 0.2) is 11.4 Å². The Kier molecular flexibility index (Phi) is 4.52. The molecule has 0 N–H and O–H groups in total. The van der Waals surface area contributed by atoms with Crippen LogP contribution in [0, 0.1) is 0 Å². The van der Waals surface area contributed by atoms with Crippen LogP contribution in [0.2, 0.25) is 0 Å². The smallest absolute Gasteiger partial charge is 0.272 e. The van der Waals surface area contributed by atoms with Gasteiger partial charge in [-0.15, -0.1) is 0 Å². The molecule has 0 unspecified atom stereocenters. The maximum atomic E-state index is 13.1. The largest absolute Gasteiger partial charge is 0.493 e. The number of carbonyl (C=O) groups is 1. The lowest BCUT2D eigenvalue weighted by Gasteiger charge is -2.34. The van der Waals surface area contributed by atoms with E-state index in [1.54, 1.807) is 7.11 Å². The van der Waals surface area contributed by atoms with Crippen molar-refractivity contribution in [1.29, 1.82) is 0 Å². The molecule has 23 heavy (non-hydrogen) atoms. The van der Waals surface area contributed by atoms with Crippen molar-refractivity contribution in [3.63, 3.8) is 0 Å². The third-order valence-electron chi connectivity index (χ3n) is 4.55. The number of amides is 1. The summed E-state index contributed by atoms with van der Waals surface area (Å²) in [7, 11) is 1.63. The van der Waals surface area contributed by atoms with Crippen LogP contribution >= 0.6 is 0 Å². The highest BCUT2D eigenvalue weighted by molar-refractivity contribution is 5.95. The molecule has 1 saturated heterocycles. The first-order chi connectivity index (χ1) is 11.2. The van der Waals surface area contributed by atoms with Crippen molar-refractivity contribution in [1.82, 2.24) is 19.2 Å². The molecular weight excluding hydrogens is 292 g/mol. The normalized spacial score (nSPS) is 16.0. The van der Waals surface area contributed by atoms with Gasteiger partial charge in [0.05, 0.1) is 12.8 Å². The number of carbonyl (C=O) groups excluding carboxylic acids is 1. The number of rotatable bonds is 4. The van der Waals surface area contributed by atoms with E-state index in [-0.39, 0.29) is 5.91 Å². The summed E-state index contributed by atoms with van der Waals surface area (Å²) in [4.78, 5) is 22.0. The molecule has 0 spiro atoms. The first-order valence-electron chi connectivity index (χ1n) is 8.25. The van der Waals surface area contributed by atoms with Crippen LogP contribution in [0.4, 0.5) is 0 Å². The number of aryl methyl sites for hydroxylation is 1. The molecule has 3 rings (SSSR count). The Morgan fingerprint density at radius 2 is 2.00 bits per heavy atom. The highest BCUT2D eigenvalue weighted by Crippen LogP contribution is 2.23. The molecule has 1 aliphatic heterocycles. The van der Waals surface area contributed by atoms with Crippen LogP contribution in [0.15, 0.2) is 18.3 Å². The quantitative estimate of drug-likeness (QED) is 0.861. The first kappa shape index (κ1) is 15.8. The van der Waals surface area contributed by atoms with E-state index in [4.69, 9.17) is 4.74 Å². The van der Waals surface area contributed by atoms with E-state index in [2.05, 4.69) is 16.8 Å². The van der Waals surface area contributed by atoms with Crippen LogP contribution < -0.4 is 4.74 Å². The zero-order valence-electron chi connectivity index (χ0n) is 14.1. The van der Waals surface area contributed by atoms with Gasteiger partial charge in [0.2, 0.25) is 0 Å². The van der Waals surface area contributed by atoms with Gasteiger partial charge in [-0.3, -0.25) is 9.20 Å². The number of likely N-dealkylation sites (N-methyl/N-ethyl adjacent to an activating group) is 1. The number of piperazine rings is 1. The average molecular weight is 316 g/mol. The number of methoxy groups -OCH3 is 1. The predicted octanol–water partition coefficient (Wildman–Crippen LogP) is 1.68. The first-order valence-corrected chi connectivity index (χ1v) is 8.25. The van der Waals surface area contributed by atoms with Crippen molar-refractivity contribution >= 4 is 11.6 Å². The highest BCUT2D eigenvalue weighted by atomic mass is 16.5. The molecule has 6 nitrogen and oxygen atoms in total. The van der Waals surface area contributed by atoms with Crippen LogP contribution in [0.25, 0.3) is 5.65 Å². The van der Waals surface area contributed by atoms with Crippen LogP contribution in [0.1, 0.15) is 30.0 Å². The number of nitrogens with zero attached hydrogens (tertiary/aromatic N) is 4. The topological polar surface area (TPSA) is 50.1 Å². The molecule has 0 radical (unpaired) electrons. The summed E-state index contributed by atoms with van der Waals surface area (Å²) in [6, 6.07) is 3.76. The van der Waals surface area contributed by atoms with Crippen molar-refractivity contribution < 1.29 is 9.53 Å². The van der Waals surface area contributed by atoms with E-state index in [9.17, 15) is 4.79 Å². The zero-order chi connectivity index (χ0) is 16.4. The number of hydrogen-bond acceptors (Lipinski definition) is 4. The van der Waals surface area contributed by atoms with E-state index in [0.717, 1.165) is 44.8 Å². The van der Waals surface area contributed by atoms with Crippen molar-refractivity contribution in [2.24, 2.45) is 0 Å². The van der Waals surface area contributed by atoms with E-state index in [1.165, 1.54) is 0 Å². The van der Waals surface area contributed by atoms with Crippen LogP contribution in [0.5, 0.6) is 5.75 Å². The Labute approximate surface area is 136 Å². The predicted molar refractivity (Wildman–Crippen MR) is 89.1 cm³/mol. The van der Waals surface area contributed by atoms with E-state index in [0.29, 0.717) is 17.1 Å². The number of imidazole rings is 1. The molecule has 0 aromatic carbocycles. The number of pyridine rings is 1. The SMILES string of the molecule is CCc1nc2c(OC)cccn2c1C(=O)N1CCN(CC)CC1. The van der Waals surface area contributed by atoms with Crippen molar-refractivity contribution in [2.75, 3.05) is 39.8 Å².